The Morgan fingerprint density at radius 1 is 1.33 bits per heavy atom. The molecule has 0 spiro atoms. The Balaban J connectivity index is 0.00000208. The van der Waals surface area contributed by atoms with E-state index in [0.29, 0.717) is 6.04 Å². The second kappa shape index (κ2) is 8.89. The maximum atomic E-state index is 5.31. The first-order chi connectivity index (χ1) is 11.2. The third-order valence-corrected chi connectivity index (χ3v) is 4.51. The molecule has 2 heterocycles. The number of nitrogens with zero attached hydrogens (tertiary/aromatic N) is 2. The second-order valence-corrected chi connectivity index (χ2v) is 6.91. The molecule has 0 bridgehead atoms. The molecular formula is C18H29IN4O. The maximum absolute atomic E-state index is 5.31. The first-order valence-electron chi connectivity index (χ1n) is 8.61. The lowest BCUT2D eigenvalue weighted by Gasteiger charge is -2.36. The summed E-state index contributed by atoms with van der Waals surface area (Å²) in [4.78, 5) is 7.20. The standard InChI is InChI=1S/C18H28N4O.HI/c1-3-19-17(20-12-18(2)13-23-14-18)21-15-9-10-22(11-15)16-7-5-4-6-8-16;/h4-8,15H,3,9-14H2,1-2H3,(H2,19,20,21);1H. The quantitative estimate of drug-likeness (QED) is 0.416. The molecule has 3 rings (SSSR count). The zero-order valence-corrected chi connectivity index (χ0v) is 17.0. The molecule has 6 heteroatoms. The van der Waals surface area contributed by atoms with Crippen LogP contribution in [0.2, 0.25) is 0 Å². The highest BCUT2D eigenvalue weighted by Gasteiger charge is 2.33. The van der Waals surface area contributed by atoms with Crippen molar-refractivity contribution in [1.82, 2.24) is 10.6 Å². The van der Waals surface area contributed by atoms with Crippen LogP contribution in [0.5, 0.6) is 0 Å². The van der Waals surface area contributed by atoms with Gasteiger partial charge in [0.2, 0.25) is 0 Å². The van der Waals surface area contributed by atoms with E-state index in [-0.39, 0.29) is 29.4 Å². The Bertz CT molecular complexity index is 533. The summed E-state index contributed by atoms with van der Waals surface area (Å²) in [6.07, 6.45) is 1.14. The molecule has 2 saturated heterocycles. The minimum Gasteiger partial charge on any atom is -0.380 e. The van der Waals surface area contributed by atoms with Gasteiger partial charge in [-0.15, -0.1) is 24.0 Å². The van der Waals surface area contributed by atoms with Gasteiger partial charge in [-0.1, -0.05) is 25.1 Å². The summed E-state index contributed by atoms with van der Waals surface area (Å²) in [5.41, 5.74) is 1.52. The van der Waals surface area contributed by atoms with E-state index in [1.165, 1.54) is 5.69 Å². The van der Waals surface area contributed by atoms with Gasteiger partial charge < -0.3 is 20.3 Å². The van der Waals surface area contributed by atoms with Gasteiger partial charge in [-0.25, -0.2) is 0 Å². The van der Waals surface area contributed by atoms with Crippen LogP contribution in [0.25, 0.3) is 0 Å². The van der Waals surface area contributed by atoms with Crippen molar-refractivity contribution in [2.75, 3.05) is 44.3 Å². The summed E-state index contributed by atoms with van der Waals surface area (Å²) in [6, 6.07) is 11.1. The number of halogens is 1. The molecule has 1 atom stereocenters. The Morgan fingerprint density at radius 2 is 2.08 bits per heavy atom. The van der Waals surface area contributed by atoms with Gasteiger partial charge in [0, 0.05) is 36.8 Å². The Morgan fingerprint density at radius 3 is 2.71 bits per heavy atom. The van der Waals surface area contributed by atoms with Crippen molar-refractivity contribution in [2.24, 2.45) is 10.4 Å². The van der Waals surface area contributed by atoms with E-state index in [2.05, 4.69) is 59.7 Å². The molecule has 0 radical (unpaired) electrons. The lowest BCUT2D eigenvalue weighted by atomic mass is 9.89. The topological polar surface area (TPSA) is 48.9 Å². The number of rotatable bonds is 5. The molecule has 1 unspecified atom stereocenters. The summed E-state index contributed by atoms with van der Waals surface area (Å²) in [5.74, 6) is 0.931. The zero-order valence-electron chi connectivity index (χ0n) is 14.6. The van der Waals surface area contributed by atoms with Crippen LogP contribution in [0, 0.1) is 5.41 Å². The van der Waals surface area contributed by atoms with Gasteiger partial charge in [-0.3, -0.25) is 4.99 Å². The predicted octanol–water partition coefficient (Wildman–Crippen LogP) is 2.47. The van der Waals surface area contributed by atoms with Crippen LogP contribution in [-0.2, 0) is 4.74 Å². The highest BCUT2D eigenvalue weighted by molar-refractivity contribution is 14.0. The number of benzene rings is 1. The van der Waals surface area contributed by atoms with Gasteiger partial charge in [-0.05, 0) is 25.5 Å². The van der Waals surface area contributed by atoms with Crippen LogP contribution in [0.1, 0.15) is 20.3 Å². The molecule has 24 heavy (non-hydrogen) atoms. The van der Waals surface area contributed by atoms with Crippen LogP contribution in [-0.4, -0.2) is 51.4 Å². The number of ether oxygens (including phenoxy) is 1. The maximum Gasteiger partial charge on any atom is 0.191 e. The molecule has 0 saturated carbocycles. The lowest BCUT2D eigenvalue weighted by molar-refractivity contribution is -0.0945. The molecule has 0 aromatic heterocycles. The van der Waals surface area contributed by atoms with E-state index < -0.39 is 0 Å². The fourth-order valence-corrected chi connectivity index (χ4v) is 3.08. The first kappa shape index (κ1) is 19.3. The van der Waals surface area contributed by atoms with Crippen molar-refractivity contribution in [1.29, 1.82) is 0 Å². The molecule has 2 N–H and O–H groups in total. The van der Waals surface area contributed by atoms with Gasteiger partial charge in [0.15, 0.2) is 5.96 Å². The minimum atomic E-state index is 0. The Hall–Kier alpha value is -1.02. The van der Waals surface area contributed by atoms with Gasteiger partial charge in [-0.2, -0.15) is 0 Å². The van der Waals surface area contributed by atoms with Crippen molar-refractivity contribution in [3.8, 4) is 0 Å². The van der Waals surface area contributed by atoms with Crippen molar-refractivity contribution in [3.63, 3.8) is 0 Å². The monoisotopic (exact) mass is 444 g/mol. The normalized spacial score (nSPS) is 22.5. The van der Waals surface area contributed by atoms with Crippen LogP contribution < -0.4 is 15.5 Å². The number of para-hydroxylation sites is 1. The van der Waals surface area contributed by atoms with Gasteiger partial charge in [0.05, 0.1) is 19.8 Å². The fourth-order valence-electron chi connectivity index (χ4n) is 3.08. The third kappa shape index (κ3) is 4.99. The molecule has 2 aliphatic heterocycles. The average Bonchev–Trinajstić information content (AvgIpc) is 3.00. The summed E-state index contributed by atoms with van der Waals surface area (Å²) in [5, 5.41) is 6.96. The summed E-state index contributed by atoms with van der Waals surface area (Å²) in [7, 11) is 0. The van der Waals surface area contributed by atoms with E-state index in [1.54, 1.807) is 0 Å². The summed E-state index contributed by atoms with van der Waals surface area (Å²) >= 11 is 0. The summed E-state index contributed by atoms with van der Waals surface area (Å²) in [6.45, 7) is 9.79. The number of aliphatic imine (C=N–C) groups is 1. The van der Waals surface area contributed by atoms with Crippen molar-refractivity contribution in [2.45, 2.75) is 26.3 Å². The van der Waals surface area contributed by atoms with Crippen molar-refractivity contribution >= 4 is 35.6 Å². The Kier molecular flexibility index (Phi) is 7.16. The molecule has 134 valence electrons. The average molecular weight is 444 g/mol. The first-order valence-corrected chi connectivity index (χ1v) is 8.61. The van der Waals surface area contributed by atoms with E-state index in [0.717, 1.165) is 51.8 Å². The molecule has 2 aliphatic rings. The Labute approximate surface area is 162 Å². The van der Waals surface area contributed by atoms with Gasteiger partial charge >= 0.3 is 0 Å². The number of hydrogen-bond donors (Lipinski definition) is 2. The molecular weight excluding hydrogens is 415 g/mol. The highest BCUT2D eigenvalue weighted by atomic mass is 127. The number of nitrogens with one attached hydrogen (secondary N) is 2. The molecule has 1 aromatic carbocycles. The number of hydrogen-bond acceptors (Lipinski definition) is 3. The predicted molar refractivity (Wildman–Crippen MR) is 111 cm³/mol. The van der Waals surface area contributed by atoms with Crippen LogP contribution in [0.4, 0.5) is 5.69 Å². The van der Waals surface area contributed by atoms with E-state index >= 15 is 0 Å². The van der Waals surface area contributed by atoms with E-state index in [1.807, 2.05) is 0 Å². The molecule has 0 amide bonds. The van der Waals surface area contributed by atoms with Crippen molar-refractivity contribution in [3.05, 3.63) is 30.3 Å². The lowest BCUT2D eigenvalue weighted by Crippen LogP contribution is -2.47. The largest absolute Gasteiger partial charge is 0.380 e. The molecule has 0 aliphatic carbocycles. The zero-order chi connectivity index (χ0) is 16.1. The van der Waals surface area contributed by atoms with Crippen molar-refractivity contribution < 1.29 is 4.74 Å². The highest BCUT2D eigenvalue weighted by Crippen LogP contribution is 2.26. The fraction of sp³-hybridized carbons (Fsp3) is 0.611. The van der Waals surface area contributed by atoms with Crippen LogP contribution in [0.15, 0.2) is 35.3 Å². The molecule has 5 nitrogen and oxygen atoms in total. The van der Waals surface area contributed by atoms with E-state index in [9.17, 15) is 0 Å². The summed E-state index contributed by atoms with van der Waals surface area (Å²) < 4.78 is 5.31. The number of anilines is 1. The van der Waals surface area contributed by atoms with E-state index in [4.69, 9.17) is 9.73 Å². The third-order valence-electron chi connectivity index (χ3n) is 4.51. The molecule has 1 aromatic rings. The van der Waals surface area contributed by atoms with Gasteiger partial charge in [0.1, 0.15) is 0 Å². The molecule has 2 fully saturated rings. The van der Waals surface area contributed by atoms with Gasteiger partial charge in [0.25, 0.3) is 0 Å². The number of guanidine groups is 1. The van der Waals surface area contributed by atoms with Crippen LogP contribution in [0.3, 0.4) is 0 Å². The SMILES string of the molecule is CCNC(=NCC1(C)COC1)NC1CCN(c2ccccc2)C1.I. The second-order valence-electron chi connectivity index (χ2n) is 6.91. The minimum absolute atomic E-state index is 0. The smallest absolute Gasteiger partial charge is 0.191 e. The van der Waals surface area contributed by atoms with Crippen LogP contribution >= 0.6 is 24.0 Å².